The van der Waals surface area contributed by atoms with Gasteiger partial charge < -0.3 is 10.5 Å². The molecule has 0 unspecified atom stereocenters. The summed E-state index contributed by atoms with van der Waals surface area (Å²) in [6, 6.07) is 10.4. The van der Waals surface area contributed by atoms with Crippen LogP contribution in [0.2, 0.25) is 0 Å². The number of para-hydroxylation sites is 1. The molecule has 1 aliphatic heterocycles. The summed E-state index contributed by atoms with van der Waals surface area (Å²) in [6.45, 7) is 0. The van der Waals surface area contributed by atoms with Gasteiger partial charge in [-0.05, 0) is 25.0 Å². The molecule has 7 heteroatoms. The number of nitriles is 1. The molecule has 1 aromatic carbocycles. The Morgan fingerprint density at radius 1 is 1.23 bits per heavy atom. The molecule has 3 rings (SSSR count). The van der Waals surface area contributed by atoms with E-state index in [2.05, 4.69) is 11.2 Å². The van der Waals surface area contributed by atoms with Crippen LogP contribution in [0.4, 0.5) is 5.69 Å². The molecular weight excluding hydrogens is 332 g/mol. The third-order valence-electron chi connectivity index (χ3n) is 4.93. The monoisotopic (exact) mass is 354 g/mol. The van der Waals surface area contributed by atoms with Gasteiger partial charge in [-0.25, -0.2) is 4.79 Å². The molecule has 7 nitrogen and oxygen atoms in total. The minimum atomic E-state index is -0.775. The highest BCUT2D eigenvalue weighted by molar-refractivity contribution is 6.38. The number of hydrogen-bond donors (Lipinski definition) is 1. The van der Waals surface area contributed by atoms with Crippen LogP contribution in [0.1, 0.15) is 38.5 Å². The topological polar surface area (TPSA) is 109 Å². The Labute approximate surface area is 152 Å². The molecule has 0 aromatic heterocycles. The van der Waals surface area contributed by atoms with E-state index in [-0.39, 0.29) is 18.1 Å². The maximum Gasteiger partial charge on any atom is 0.355 e. The largest absolute Gasteiger partial charge is 0.442 e. The zero-order chi connectivity index (χ0) is 18.5. The van der Waals surface area contributed by atoms with E-state index in [9.17, 15) is 14.9 Å². The number of amides is 1. The Bertz CT molecular complexity index is 735. The van der Waals surface area contributed by atoms with Crippen molar-refractivity contribution in [1.29, 1.82) is 5.26 Å². The van der Waals surface area contributed by atoms with Crippen molar-refractivity contribution in [2.75, 3.05) is 5.01 Å². The van der Waals surface area contributed by atoms with Gasteiger partial charge >= 0.3 is 5.97 Å². The first-order valence-corrected chi connectivity index (χ1v) is 8.92. The molecule has 0 spiro atoms. The second-order valence-electron chi connectivity index (χ2n) is 6.70. The molecule has 2 atom stereocenters. The van der Waals surface area contributed by atoms with Crippen LogP contribution in [-0.4, -0.2) is 29.7 Å². The lowest BCUT2D eigenvalue weighted by Crippen LogP contribution is -2.39. The van der Waals surface area contributed by atoms with Crippen molar-refractivity contribution in [3.63, 3.8) is 0 Å². The standard InChI is InChI=1S/C19H22N4O3/c20-12-17(13-7-3-1-4-8-13)26-19(25)15-11-16(18(21)24)23(22-15)14-9-5-2-6-10-14/h2,5-6,9-10,13,16-17H,1,3-4,7-8,11H2,(H2,21,24)/t16-,17+/m0/s1. The summed E-state index contributed by atoms with van der Waals surface area (Å²) >= 11 is 0. The fourth-order valence-electron chi connectivity index (χ4n) is 3.52. The molecule has 0 saturated heterocycles. The minimum Gasteiger partial charge on any atom is -0.442 e. The molecule has 1 heterocycles. The molecule has 26 heavy (non-hydrogen) atoms. The van der Waals surface area contributed by atoms with Crippen LogP contribution >= 0.6 is 0 Å². The van der Waals surface area contributed by atoms with Crippen LogP contribution in [0.5, 0.6) is 0 Å². The van der Waals surface area contributed by atoms with E-state index in [0.29, 0.717) is 5.69 Å². The first kappa shape index (κ1) is 17.9. The van der Waals surface area contributed by atoms with Crippen LogP contribution in [0, 0.1) is 17.2 Å². The second-order valence-corrected chi connectivity index (χ2v) is 6.70. The summed E-state index contributed by atoms with van der Waals surface area (Å²) in [5.41, 5.74) is 6.26. The van der Waals surface area contributed by atoms with Crippen LogP contribution in [-0.2, 0) is 14.3 Å². The number of hydrogen-bond acceptors (Lipinski definition) is 6. The van der Waals surface area contributed by atoms with Crippen LogP contribution in [0.3, 0.4) is 0 Å². The number of benzene rings is 1. The summed E-state index contributed by atoms with van der Waals surface area (Å²) in [7, 11) is 0. The van der Waals surface area contributed by atoms with E-state index >= 15 is 0 Å². The average molecular weight is 354 g/mol. The smallest absolute Gasteiger partial charge is 0.355 e. The summed E-state index contributed by atoms with van der Waals surface area (Å²) < 4.78 is 5.43. The number of carbonyl (C=O) groups is 2. The fourth-order valence-corrected chi connectivity index (χ4v) is 3.52. The van der Waals surface area contributed by atoms with Gasteiger partial charge in [0.2, 0.25) is 5.91 Å². The molecule has 1 aromatic rings. The molecular formula is C19H22N4O3. The van der Waals surface area contributed by atoms with Crippen molar-refractivity contribution >= 4 is 23.3 Å². The zero-order valence-corrected chi connectivity index (χ0v) is 14.5. The number of rotatable bonds is 5. The number of primary amides is 1. The Kier molecular flexibility index (Phi) is 5.52. The number of nitrogens with two attached hydrogens (primary N) is 1. The molecule has 0 bridgehead atoms. The molecule has 1 amide bonds. The lowest BCUT2D eigenvalue weighted by molar-refractivity contribution is -0.140. The number of ether oxygens (including phenoxy) is 1. The van der Waals surface area contributed by atoms with Crippen molar-refractivity contribution < 1.29 is 14.3 Å². The first-order chi connectivity index (χ1) is 12.6. The van der Waals surface area contributed by atoms with E-state index in [1.165, 1.54) is 5.01 Å². The zero-order valence-electron chi connectivity index (χ0n) is 14.5. The van der Waals surface area contributed by atoms with Gasteiger partial charge in [-0.15, -0.1) is 0 Å². The molecule has 1 saturated carbocycles. The summed E-state index contributed by atoms with van der Waals surface area (Å²) in [5.74, 6) is -1.15. The number of hydrazone groups is 1. The van der Waals surface area contributed by atoms with Gasteiger partial charge in [-0.3, -0.25) is 9.80 Å². The van der Waals surface area contributed by atoms with Gasteiger partial charge in [-0.1, -0.05) is 37.5 Å². The molecule has 1 aliphatic carbocycles. The number of nitrogens with zero attached hydrogens (tertiary/aromatic N) is 3. The van der Waals surface area contributed by atoms with Gasteiger partial charge in [0.25, 0.3) is 0 Å². The van der Waals surface area contributed by atoms with E-state index < -0.39 is 24.0 Å². The van der Waals surface area contributed by atoms with Gasteiger partial charge in [0, 0.05) is 12.3 Å². The number of carbonyl (C=O) groups excluding carboxylic acids is 2. The fraction of sp³-hybridized carbons (Fsp3) is 0.474. The quantitative estimate of drug-likeness (QED) is 0.815. The SMILES string of the molecule is N#C[C@@H](OC(=O)C1=NN(c2ccccc2)[C@H](C(N)=O)C1)C1CCCCC1. The maximum atomic E-state index is 12.5. The third kappa shape index (κ3) is 3.85. The van der Waals surface area contributed by atoms with Crippen LogP contribution in [0.25, 0.3) is 0 Å². The van der Waals surface area contributed by atoms with Crippen molar-refractivity contribution in [3.8, 4) is 6.07 Å². The molecule has 2 N–H and O–H groups in total. The van der Waals surface area contributed by atoms with Crippen molar-refractivity contribution in [2.45, 2.75) is 50.7 Å². The highest BCUT2D eigenvalue weighted by Gasteiger charge is 2.37. The minimum absolute atomic E-state index is 0.0665. The lowest BCUT2D eigenvalue weighted by atomic mass is 9.85. The highest BCUT2D eigenvalue weighted by atomic mass is 16.5. The van der Waals surface area contributed by atoms with E-state index in [1.54, 1.807) is 12.1 Å². The number of esters is 1. The molecule has 0 radical (unpaired) electrons. The van der Waals surface area contributed by atoms with E-state index in [0.717, 1.165) is 32.1 Å². The maximum absolute atomic E-state index is 12.5. The molecule has 136 valence electrons. The molecule has 2 aliphatic rings. The Morgan fingerprint density at radius 3 is 2.54 bits per heavy atom. The van der Waals surface area contributed by atoms with Crippen molar-refractivity contribution in [1.82, 2.24) is 0 Å². The molecule has 1 fully saturated rings. The Balaban J connectivity index is 1.74. The lowest BCUT2D eigenvalue weighted by Gasteiger charge is -2.25. The Hall–Kier alpha value is -2.88. The van der Waals surface area contributed by atoms with Gasteiger partial charge in [0.15, 0.2) is 6.10 Å². The van der Waals surface area contributed by atoms with E-state index in [4.69, 9.17) is 10.5 Å². The van der Waals surface area contributed by atoms with Gasteiger partial charge in [0.05, 0.1) is 5.69 Å². The Morgan fingerprint density at radius 2 is 1.92 bits per heavy atom. The average Bonchev–Trinajstić information content (AvgIpc) is 3.13. The summed E-state index contributed by atoms with van der Waals surface area (Å²) in [4.78, 5) is 24.3. The van der Waals surface area contributed by atoms with Gasteiger partial charge in [-0.2, -0.15) is 10.4 Å². The highest BCUT2D eigenvalue weighted by Crippen LogP contribution is 2.29. The predicted octanol–water partition coefficient (Wildman–Crippen LogP) is 2.12. The second kappa shape index (κ2) is 8.00. The van der Waals surface area contributed by atoms with E-state index in [1.807, 2.05) is 18.2 Å². The van der Waals surface area contributed by atoms with Gasteiger partial charge in [0.1, 0.15) is 17.8 Å². The summed E-state index contributed by atoms with van der Waals surface area (Å²) in [5, 5.41) is 15.1. The normalized spacial score (nSPS) is 21.6. The first-order valence-electron chi connectivity index (χ1n) is 8.92. The predicted molar refractivity (Wildman–Crippen MR) is 96.0 cm³/mol. The number of anilines is 1. The third-order valence-corrected chi connectivity index (χ3v) is 4.93. The summed E-state index contributed by atoms with van der Waals surface area (Å²) in [6.07, 6.45) is 4.33. The van der Waals surface area contributed by atoms with Crippen molar-refractivity contribution in [2.24, 2.45) is 16.8 Å². The van der Waals surface area contributed by atoms with Crippen molar-refractivity contribution in [3.05, 3.63) is 30.3 Å². The van der Waals surface area contributed by atoms with Crippen LogP contribution in [0.15, 0.2) is 35.4 Å². The van der Waals surface area contributed by atoms with Crippen LogP contribution < -0.4 is 10.7 Å².